The fourth-order valence-corrected chi connectivity index (χ4v) is 3.03. The standard InChI is InChI=1S/C17H20F2N2O2/c1-11-15(9-21-8-3-2-5-12(21)10-22)20-17(23-11)13-6-4-7-14(18)16(13)19/h4,6-7,12,22H,2-3,5,8-10H2,1H3/t12-/m1/s1. The summed E-state index contributed by atoms with van der Waals surface area (Å²) in [6, 6.07) is 4.06. The molecule has 1 aliphatic heterocycles. The number of aliphatic hydroxyl groups is 1. The summed E-state index contributed by atoms with van der Waals surface area (Å²) < 4.78 is 32.8. The van der Waals surface area contributed by atoms with Crippen molar-refractivity contribution in [2.24, 2.45) is 0 Å². The van der Waals surface area contributed by atoms with E-state index in [1.165, 1.54) is 12.1 Å². The van der Waals surface area contributed by atoms with Gasteiger partial charge in [-0.05, 0) is 38.4 Å². The van der Waals surface area contributed by atoms with Gasteiger partial charge >= 0.3 is 0 Å². The van der Waals surface area contributed by atoms with Gasteiger partial charge in [-0.1, -0.05) is 12.5 Å². The smallest absolute Gasteiger partial charge is 0.229 e. The highest BCUT2D eigenvalue weighted by atomic mass is 19.2. The molecule has 124 valence electrons. The number of likely N-dealkylation sites (tertiary alicyclic amines) is 1. The van der Waals surface area contributed by atoms with Crippen LogP contribution in [-0.4, -0.2) is 34.2 Å². The van der Waals surface area contributed by atoms with E-state index in [1.54, 1.807) is 6.92 Å². The molecule has 1 saturated heterocycles. The van der Waals surface area contributed by atoms with E-state index < -0.39 is 11.6 Å². The van der Waals surface area contributed by atoms with Crippen molar-refractivity contribution >= 4 is 0 Å². The molecule has 2 heterocycles. The van der Waals surface area contributed by atoms with Gasteiger partial charge in [-0.2, -0.15) is 0 Å². The molecule has 1 fully saturated rings. The molecule has 3 rings (SSSR count). The van der Waals surface area contributed by atoms with E-state index in [-0.39, 0.29) is 24.1 Å². The average molecular weight is 322 g/mol. The van der Waals surface area contributed by atoms with Crippen molar-refractivity contribution in [1.29, 1.82) is 0 Å². The lowest BCUT2D eigenvalue weighted by molar-refractivity contribution is 0.0828. The molecule has 0 radical (unpaired) electrons. The predicted molar refractivity (Wildman–Crippen MR) is 81.7 cm³/mol. The molecule has 1 aromatic heterocycles. The minimum atomic E-state index is -0.952. The van der Waals surface area contributed by atoms with Crippen molar-refractivity contribution in [1.82, 2.24) is 9.88 Å². The first-order valence-corrected chi connectivity index (χ1v) is 7.85. The number of oxazole rings is 1. The van der Waals surface area contributed by atoms with Gasteiger partial charge in [0.1, 0.15) is 5.76 Å². The van der Waals surface area contributed by atoms with Crippen molar-refractivity contribution in [2.75, 3.05) is 13.2 Å². The quantitative estimate of drug-likeness (QED) is 0.938. The van der Waals surface area contributed by atoms with Gasteiger partial charge in [0.2, 0.25) is 5.89 Å². The van der Waals surface area contributed by atoms with Gasteiger partial charge in [-0.25, -0.2) is 13.8 Å². The Balaban J connectivity index is 1.85. The van der Waals surface area contributed by atoms with Crippen LogP contribution in [-0.2, 0) is 6.54 Å². The number of halogens is 2. The molecule has 0 spiro atoms. The minimum absolute atomic E-state index is 0.0247. The number of aliphatic hydroxyl groups excluding tert-OH is 1. The SMILES string of the molecule is Cc1oc(-c2cccc(F)c2F)nc1CN1CCCC[C@@H]1CO. The van der Waals surface area contributed by atoms with Gasteiger partial charge in [-0.3, -0.25) is 4.90 Å². The van der Waals surface area contributed by atoms with Gasteiger partial charge in [-0.15, -0.1) is 0 Å². The Kier molecular flexibility index (Phi) is 4.73. The molecule has 1 N–H and O–H groups in total. The molecule has 6 heteroatoms. The lowest BCUT2D eigenvalue weighted by Crippen LogP contribution is -2.41. The maximum absolute atomic E-state index is 13.9. The Hall–Kier alpha value is -1.79. The highest BCUT2D eigenvalue weighted by Gasteiger charge is 2.24. The zero-order valence-corrected chi connectivity index (χ0v) is 13.1. The topological polar surface area (TPSA) is 49.5 Å². The number of rotatable bonds is 4. The molecule has 1 atom stereocenters. The Bertz CT molecular complexity index is 687. The van der Waals surface area contributed by atoms with Gasteiger partial charge < -0.3 is 9.52 Å². The van der Waals surface area contributed by atoms with Crippen LogP contribution in [0.15, 0.2) is 22.6 Å². The molecule has 0 saturated carbocycles. The molecular formula is C17H20F2N2O2. The Labute approximate surface area is 133 Å². The van der Waals surface area contributed by atoms with Gasteiger partial charge in [0.15, 0.2) is 11.6 Å². The van der Waals surface area contributed by atoms with E-state index in [0.29, 0.717) is 18.0 Å². The first-order chi connectivity index (χ1) is 11.1. The van der Waals surface area contributed by atoms with E-state index >= 15 is 0 Å². The van der Waals surface area contributed by atoms with Crippen LogP contribution in [0, 0.1) is 18.6 Å². The van der Waals surface area contributed by atoms with Crippen LogP contribution in [0.4, 0.5) is 8.78 Å². The summed E-state index contributed by atoms with van der Waals surface area (Å²) >= 11 is 0. The second-order valence-electron chi connectivity index (χ2n) is 5.93. The predicted octanol–water partition coefficient (Wildman–Crippen LogP) is 3.28. The average Bonchev–Trinajstić information content (AvgIpc) is 2.91. The number of aromatic nitrogens is 1. The summed E-state index contributed by atoms with van der Waals surface area (Å²) in [5.41, 5.74) is 0.723. The number of piperidine rings is 1. The highest BCUT2D eigenvalue weighted by Crippen LogP contribution is 2.27. The zero-order chi connectivity index (χ0) is 16.4. The van der Waals surface area contributed by atoms with Crippen LogP contribution in [0.1, 0.15) is 30.7 Å². The minimum Gasteiger partial charge on any atom is -0.441 e. The third-order valence-electron chi connectivity index (χ3n) is 4.39. The van der Waals surface area contributed by atoms with Crippen LogP contribution < -0.4 is 0 Å². The number of nitrogens with zero attached hydrogens (tertiary/aromatic N) is 2. The highest BCUT2D eigenvalue weighted by molar-refractivity contribution is 5.54. The van der Waals surface area contributed by atoms with Gasteiger partial charge in [0.25, 0.3) is 0 Å². The van der Waals surface area contributed by atoms with Crippen molar-refractivity contribution in [3.63, 3.8) is 0 Å². The van der Waals surface area contributed by atoms with E-state index in [1.807, 2.05) is 0 Å². The summed E-state index contributed by atoms with van der Waals surface area (Å²) in [4.78, 5) is 6.51. The summed E-state index contributed by atoms with van der Waals surface area (Å²) in [7, 11) is 0. The Morgan fingerprint density at radius 1 is 1.35 bits per heavy atom. The molecule has 0 unspecified atom stereocenters. The maximum atomic E-state index is 13.9. The molecule has 2 aromatic rings. The van der Waals surface area contributed by atoms with Crippen molar-refractivity contribution in [2.45, 2.75) is 38.8 Å². The second-order valence-corrected chi connectivity index (χ2v) is 5.93. The summed E-state index contributed by atoms with van der Waals surface area (Å²) in [6.45, 7) is 3.31. The van der Waals surface area contributed by atoms with Crippen LogP contribution in [0.5, 0.6) is 0 Å². The molecule has 0 bridgehead atoms. The van der Waals surface area contributed by atoms with Gasteiger partial charge in [0, 0.05) is 12.6 Å². The molecule has 4 nitrogen and oxygen atoms in total. The molecule has 0 aliphatic carbocycles. The summed E-state index contributed by atoms with van der Waals surface area (Å²) in [5, 5.41) is 9.48. The van der Waals surface area contributed by atoms with E-state index in [0.717, 1.165) is 31.9 Å². The zero-order valence-electron chi connectivity index (χ0n) is 13.1. The normalized spacial score (nSPS) is 19.2. The summed E-state index contributed by atoms with van der Waals surface area (Å²) in [6.07, 6.45) is 3.15. The monoisotopic (exact) mass is 322 g/mol. The second kappa shape index (κ2) is 6.76. The molecule has 1 aliphatic rings. The van der Waals surface area contributed by atoms with Crippen LogP contribution in [0.25, 0.3) is 11.5 Å². The lowest BCUT2D eigenvalue weighted by Gasteiger charge is -2.33. The molecular weight excluding hydrogens is 302 g/mol. The number of hydrogen-bond donors (Lipinski definition) is 1. The fraction of sp³-hybridized carbons (Fsp3) is 0.471. The molecule has 1 aromatic carbocycles. The van der Waals surface area contributed by atoms with Crippen molar-refractivity contribution < 1.29 is 18.3 Å². The third-order valence-corrected chi connectivity index (χ3v) is 4.39. The van der Waals surface area contributed by atoms with Gasteiger partial charge in [0.05, 0.1) is 17.9 Å². The van der Waals surface area contributed by atoms with Crippen LogP contribution >= 0.6 is 0 Å². The summed E-state index contributed by atoms with van der Waals surface area (Å²) in [5.74, 6) is -1.19. The van der Waals surface area contributed by atoms with E-state index in [4.69, 9.17) is 4.42 Å². The largest absolute Gasteiger partial charge is 0.441 e. The Morgan fingerprint density at radius 2 is 2.17 bits per heavy atom. The van der Waals surface area contributed by atoms with E-state index in [2.05, 4.69) is 9.88 Å². The maximum Gasteiger partial charge on any atom is 0.229 e. The fourth-order valence-electron chi connectivity index (χ4n) is 3.03. The van der Waals surface area contributed by atoms with Crippen molar-refractivity contribution in [3.05, 3.63) is 41.3 Å². The van der Waals surface area contributed by atoms with Crippen LogP contribution in [0.2, 0.25) is 0 Å². The first kappa shape index (κ1) is 16.1. The Morgan fingerprint density at radius 3 is 2.96 bits per heavy atom. The van der Waals surface area contributed by atoms with Crippen LogP contribution in [0.3, 0.4) is 0 Å². The number of hydrogen-bond acceptors (Lipinski definition) is 4. The number of benzene rings is 1. The first-order valence-electron chi connectivity index (χ1n) is 7.85. The molecule has 23 heavy (non-hydrogen) atoms. The lowest BCUT2D eigenvalue weighted by atomic mass is 10.0. The van der Waals surface area contributed by atoms with Crippen molar-refractivity contribution in [3.8, 4) is 11.5 Å². The van der Waals surface area contributed by atoms with E-state index in [9.17, 15) is 13.9 Å². The third kappa shape index (κ3) is 3.28. The molecule has 0 amide bonds. The number of aryl methyl sites for hydroxylation is 1.